The molecule has 2 saturated heterocycles. The molecule has 1 atom stereocenters. The Bertz CT molecular complexity index is 139. The van der Waals surface area contributed by atoms with E-state index in [0.29, 0.717) is 5.41 Å². The lowest BCUT2D eigenvalue weighted by Crippen LogP contribution is -2.33. The van der Waals surface area contributed by atoms with Gasteiger partial charge in [0.05, 0.1) is 0 Å². The van der Waals surface area contributed by atoms with E-state index in [0.717, 1.165) is 13.1 Å². The molecule has 2 heterocycles. The molecule has 1 spiro atoms. The highest BCUT2D eigenvalue weighted by Crippen LogP contribution is 2.37. The quantitative estimate of drug-likeness (QED) is 0.495. The van der Waals surface area contributed by atoms with E-state index in [4.69, 9.17) is 5.84 Å². The number of hydrogen-bond donors (Lipinski definition) is 1. The molecule has 0 bridgehead atoms. The molecule has 0 aromatic carbocycles. The van der Waals surface area contributed by atoms with E-state index in [1.54, 1.807) is 0 Å². The molecule has 0 saturated carbocycles. The molecule has 2 rings (SSSR count). The van der Waals surface area contributed by atoms with Crippen LogP contribution in [0.3, 0.4) is 0 Å². The van der Waals surface area contributed by atoms with Gasteiger partial charge in [0.1, 0.15) is 0 Å². The van der Waals surface area contributed by atoms with Crippen LogP contribution in [-0.2, 0) is 0 Å². The van der Waals surface area contributed by atoms with Crippen LogP contribution in [0.25, 0.3) is 0 Å². The maximum absolute atomic E-state index is 5.75. The lowest BCUT2D eigenvalue weighted by Gasteiger charge is -2.21. The van der Waals surface area contributed by atoms with E-state index in [9.17, 15) is 0 Å². The fraction of sp³-hybridized carbons (Fsp3) is 1.00. The van der Waals surface area contributed by atoms with Crippen molar-refractivity contribution in [3.63, 3.8) is 0 Å². The van der Waals surface area contributed by atoms with Gasteiger partial charge in [-0.1, -0.05) is 0 Å². The Morgan fingerprint density at radius 3 is 2.36 bits per heavy atom. The lowest BCUT2D eigenvalue weighted by molar-refractivity contribution is 0.259. The summed E-state index contributed by atoms with van der Waals surface area (Å²) in [6.45, 7) is 4.71. The Morgan fingerprint density at radius 2 is 1.91 bits per heavy atom. The summed E-state index contributed by atoms with van der Waals surface area (Å²) in [5.41, 5.74) is 0.559. The van der Waals surface area contributed by atoms with Gasteiger partial charge in [-0.25, -0.2) is 5.01 Å². The van der Waals surface area contributed by atoms with E-state index in [1.165, 1.54) is 25.9 Å². The number of nitrogens with two attached hydrogens (primary N) is 1. The van der Waals surface area contributed by atoms with Crippen molar-refractivity contribution in [3.8, 4) is 0 Å². The molecule has 3 heteroatoms. The second kappa shape index (κ2) is 2.44. The first-order valence-electron chi connectivity index (χ1n) is 4.38. The number of likely N-dealkylation sites (tertiary alicyclic amines) is 1. The largest absolute Gasteiger partial charge is 0.306 e. The van der Waals surface area contributed by atoms with Crippen molar-refractivity contribution in [2.75, 3.05) is 33.2 Å². The average molecular weight is 155 g/mol. The molecule has 2 fully saturated rings. The van der Waals surface area contributed by atoms with Crippen molar-refractivity contribution in [1.29, 1.82) is 0 Å². The van der Waals surface area contributed by atoms with Crippen LogP contribution in [0, 0.1) is 5.41 Å². The van der Waals surface area contributed by atoms with Gasteiger partial charge in [0, 0.05) is 19.6 Å². The number of rotatable bonds is 0. The lowest BCUT2D eigenvalue weighted by atomic mass is 9.87. The van der Waals surface area contributed by atoms with Gasteiger partial charge in [-0.15, -0.1) is 0 Å². The molecule has 0 aliphatic carbocycles. The maximum Gasteiger partial charge on any atom is 0.0198 e. The molecule has 2 N–H and O–H groups in total. The molecule has 0 amide bonds. The van der Waals surface area contributed by atoms with E-state index in [2.05, 4.69) is 11.9 Å². The second-order valence-corrected chi connectivity index (χ2v) is 4.21. The molecule has 1 unspecified atom stereocenters. The Kier molecular flexibility index (Phi) is 1.67. The summed E-state index contributed by atoms with van der Waals surface area (Å²) in [4.78, 5) is 2.42. The molecule has 0 aromatic heterocycles. The van der Waals surface area contributed by atoms with E-state index in [-0.39, 0.29) is 0 Å². The topological polar surface area (TPSA) is 32.5 Å². The minimum absolute atomic E-state index is 0.559. The van der Waals surface area contributed by atoms with E-state index >= 15 is 0 Å². The molecule has 2 aliphatic rings. The minimum atomic E-state index is 0.559. The monoisotopic (exact) mass is 155 g/mol. The number of hydrazine groups is 1. The zero-order valence-electron chi connectivity index (χ0n) is 7.21. The van der Waals surface area contributed by atoms with Crippen molar-refractivity contribution in [1.82, 2.24) is 9.91 Å². The SMILES string of the molecule is CN1CCC2(CCN(N)C2)C1. The first-order chi connectivity index (χ1) is 5.20. The summed E-state index contributed by atoms with van der Waals surface area (Å²) in [6.07, 6.45) is 2.64. The van der Waals surface area contributed by atoms with Gasteiger partial charge in [-0.3, -0.25) is 5.84 Å². The number of nitrogens with zero attached hydrogens (tertiary/aromatic N) is 2. The fourth-order valence-electron chi connectivity index (χ4n) is 2.46. The van der Waals surface area contributed by atoms with Gasteiger partial charge >= 0.3 is 0 Å². The standard InChI is InChI=1S/C8H17N3/c1-10-4-2-8(6-10)3-5-11(9)7-8/h2-7,9H2,1H3. The molecule has 11 heavy (non-hydrogen) atoms. The van der Waals surface area contributed by atoms with Gasteiger partial charge in [0.25, 0.3) is 0 Å². The predicted molar refractivity (Wildman–Crippen MR) is 44.9 cm³/mol. The van der Waals surface area contributed by atoms with Crippen LogP contribution in [0.1, 0.15) is 12.8 Å². The van der Waals surface area contributed by atoms with Crippen LogP contribution in [0.2, 0.25) is 0 Å². The Labute approximate surface area is 68.1 Å². The molecular formula is C8H17N3. The fourth-order valence-corrected chi connectivity index (χ4v) is 2.46. The third kappa shape index (κ3) is 1.28. The van der Waals surface area contributed by atoms with Crippen LogP contribution in [0.4, 0.5) is 0 Å². The van der Waals surface area contributed by atoms with Crippen molar-refractivity contribution in [2.45, 2.75) is 12.8 Å². The third-order valence-corrected chi connectivity index (χ3v) is 3.10. The Hall–Kier alpha value is -0.120. The molecule has 64 valence electrons. The van der Waals surface area contributed by atoms with Gasteiger partial charge in [0.15, 0.2) is 0 Å². The predicted octanol–water partition coefficient (Wildman–Crippen LogP) is -0.112. The summed E-state index contributed by atoms with van der Waals surface area (Å²) < 4.78 is 0. The molecular weight excluding hydrogens is 138 g/mol. The zero-order chi connectivity index (χ0) is 7.90. The van der Waals surface area contributed by atoms with Crippen LogP contribution < -0.4 is 5.84 Å². The van der Waals surface area contributed by atoms with Gasteiger partial charge in [0.2, 0.25) is 0 Å². The van der Waals surface area contributed by atoms with Crippen molar-refractivity contribution >= 4 is 0 Å². The van der Waals surface area contributed by atoms with Crippen LogP contribution in [-0.4, -0.2) is 43.1 Å². The Balaban J connectivity index is 2.02. The number of hydrogen-bond acceptors (Lipinski definition) is 3. The summed E-state index contributed by atoms with van der Waals surface area (Å²) >= 11 is 0. The molecule has 0 aromatic rings. The van der Waals surface area contributed by atoms with Gasteiger partial charge in [-0.05, 0) is 31.8 Å². The third-order valence-electron chi connectivity index (χ3n) is 3.10. The first-order valence-corrected chi connectivity index (χ1v) is 4.38. The van der Waals surface area contributed by atoms with E-state index < -0.39 is 0 Å². The highest BCUT2D eigenvalue weighted by atomic mass is 15.4. The van der Waals surface area contributed by atoms with E-state index in [1.807, 2.05) is 5.01 Å². The highest BCUT2D eigenvalue weighted by molar-refractivity contribution is 4.94. The second-order valence-electron chi connectivity index (χ2n) is 4.21. The van der Waals surface area contributed by atoms with Crippen molar-refractivity contribution in [3.05, 3.63) is 0 Å². The summed E-state index contributed by atoms with van der Waals surface area (Å²) in [7, 11) is 2.20. The molecule has 3 nitrogen and oxygen atoms in total. The van der Waals surface area contributed by atoms with Crippen molar-refractivity contribution < 1.29 is 0 Å². The minimum Gasteiger partial charge on any atom is -0.306 e. The first kappa shape index (κ1) is 7.53. The van der Waals surface area contributed by atoms with Crippen LogP contribution in [0.15, 0.2) is 0 Å². The van der Waals surface area contributed by atoms with Gasteiger partial charge in [-0.2, -0.15) is 0 Å². The molecule has 0 radical (unpaired) electrons. The summed E-state index contributed by atoms with van der Waals surface area (Å²) in [5.74, 6) is 5.75. The van der Waals surface area contributed by atoms with Crippen molar-refractivity contribution in [2.24, 2.45) is 11.3 Å². The summed E-state index contributed by atoms with van der Waals surface area (Å²) in [6, 6.07) is 0. The smallest absolute Gasteiger partial charge is 0.0198 e. The van der Waals surface area contributed by atoms with Crippen LogP contribution >= 0.6 is 0 Å². The maximum atomic E-state index is 5.75. The highest BCUT2D eigenvalue weighted by Gasteiger charge is 2.41. The Morgan fingerprint density at radius 1 is 1.18 bits per heavy atom. The van der Waals surface area contributed by atoms with Gasteiger partial charge < -0.3 is 4.90 Å². The average Bonchev–Trinajstić information content (AvgIpc) is 2.44. The van der Waals surface area contributed by atoms with Crippen LogP contribution in [0.5, 0.6) is 0 Å². The normalized spacial score (nSPS) is 40.9. The summed E-state index contributed by atoms with van der Waals surface area (Å²) in [5, 5.41) is 1.97. The zero-order valence-corrected chi connectivity index (χ0v) is 7.21. The molecule has 2 aliphatic heterocycles.